The molecule has 0 saturated carbocycles. The van der Waals surface area contributed by atoms with Crippen LogP contribution in [0.1, 0.15) is 5.56 Å². The van der Waals surface area contributed by atoms with Crippen LogP contribution in [0.5, 0.6) is 0 Å². The van der Waals surface area contributed by atoms with Gasteiger partial charge in [0.05, 0.1) is 11.6 Å². The van der Waals surface area contributed by atoms with Crippen LogP contribution in [0.15, 0.2) is 18.5 Å². The van der Waals surface area contributed by atoms with Crippen LogP contribution in [0.25, 0.3) is 11.0 Å². The number of hydrogen-bond acceptors (Lipinski definition) is 2. The van der Waals surface area contributed by atoms with E-state index >= 15 is 0 Å². The summed E-state index contributed by atoms with van der Waals surface area (Å²) in [6, 6.07) is 1.78. The molecule has 2 aromatic rings. The summed E-state index contributed by atoms with van der Waals surface area (Å²) in [5.41, 5.74) is 1.57. The number of pyridine rings is 1. The molecule has 2 rings (SSSR count). The maximum atomic E-state index is 8.92. The van der Waals surface area contributed by atoms with Gasteiger partial charge in [0.2, 0.25) is 0 Å². The maximum absolute atomic E-state index is 8.92. The predicted molar refractivity (Wildman–Crippen MR) is 47.0 cm³/mol. The van der Waals surface area contributed by atoms with E-state index in [0.717, 1.165) is 16.6 Å². The number of rotatable bonds is 1. The highest BCUT2D eigenvalue weighted by Crippen LogP contribution is 2.19. The van der Waals surface area contributed by atoms with Gasteiger partial charge in [0.1, 0.15) is 5.65 Å². The summed E-state index contributed by atoms with van der Waals surface area (Å²) in [6.45, 7) is 0.00201. The summed E-state index contributed by atoms with van der Waals surface area (Å²) in [7, 11) is 0. The molecule has 0 amide bonds. The van der Waals surface area contributed by atoms with Crippen molar-refractivity contribution in [1.29, 1.82) is 0 Å². The van der Waals surface area contributed by atoms with Crippen LogP contribution in [0.4, 0.5) is 0 Å². The molecule has 2 N–H and O–H groups in total. The standard InChI is InChI=1S/C8H7ClN2O/c9-6-1-7-5(4-12)2-10-8(7)11-3-6/h1-3,12H,4H2,(H,10,11). The van der Waals surface area contributed by atoms with Crippen molar-refractivity contribution in [2.24, 2.45) is 0 Å². The Morgan fingerprint density at radius 2 is 2.42 bits per heavy atom. The highest BCUT2D eigenvalue weighted by molar-refractivity contribution is 6.31. The quantitative estimate of drug-likeness (QED) is 0.706. The highest BCUT2D eigenvalue weighted by atomic mass is 35.5. The molecule has 0 saturated heterocycles. The number of nitrogens with zero attached hydrogens (tertiary/aromatic N) is 1. The number of aromatic amines is 1. The fourth-order valence-corrected chi connectivity index (χ4v) is 1.32. The number of aromatic nitrogens is 2. The smallest absolute Gasteiger partial charge is 0.137 e. The van der Waals surface area contributed by atoms with E-state index in [-0.39, 0.29) is 6.61 Å². The Balaban J connectivity index is 2.75. The lowest BCUT2D eigenvalue weighted by Crippen LogP contribution is -1.79. The molecule has 12 heavy (non-hydrogen) atoms. The highest BCUT2D eigenvalue weighted by Gasteiger charge is 2.03. The van der Waals surface area contributed by atoms with Crippen molar-refractivity contribution in [1.82, 2.24) is 9.97 Å². The molecular weight excluding hydrogens is 176 g/mol. The Bertz CT molecular complexity index is 410. The lowest BCUT2D eigenvalue weighted by molar-refractivity contribution is 0.283. The third-order valence-corrected chi connectivity index (χ3v) is 1.96. The first kappa shape index (κ1) is 7.58. The molecule has 0 bridgehead atoms. The van der Waals surface area contributed by atoms with Gasteiger partial charge in [0.25, 0.3) is 0 Å². The molecule has 0 aliphatic rings. The van der Waals surface area contributed by atoms with Crippen LogP contribution in [-0.2, 0) is 6.61 Å². The van der Waals surface area contributed by atoms with Crippen molar-refractivity contribution in [3.8, 4) is 0 Å². The van der Waals surface area contributed by atoms with Crippen molar-refractivity contribution < 1.29 is 5.11 Å². The molecule has 0 aliphatic carbocycles. The van der Waals surface area contributed by atoms with Crippen molar-refractivity contribution in [2.75, 3.05) is 0 Å². The Morgan fingerprint density at radius 3 is 3.17 bits per heavy atom. The molecule has 0 fully saturated rings. The zero-order valence-corrected chi connectivity index (χ0v) is 6.97. The Hall–Kier alpha value is -1.06. The number of aliphatic hydroxyl groups is 1. The third-order valence-electron chi connectivity index (χ3n) is 1.75. The van der Waals surface area contributed by atoms with Gasteiger partial charge in [-0.05, 0) is 6.07 Å². The van der Waals surface area contributed by atoms with E-state index in [1.165, 1.54) is 0 Å². The van der Waals surface area contributed by atoms with E-state index in [1.807, 2.05) is 0 Å². The zero-order valence-electron chi connectivity index (χ0n) is 6.21. The van der Waals surface area contributed by atoms with Crippen molar-refractivity contribution >= 4 is 22.6 Å². The summed E-state index contributed by atoms with van der Waals surface area (Å²) >= 11 is 5.75. The van der Waals surface area contributed by atoms with Gasteiger partial charge in [-0.1, -0.05) is 11.6 Å². The first-order chi connectivity index (χ1) is 5.81. The molecule has 0 atom stereocenters. The molecule has 62 valence electrons. The van der Waals surface area contributed by atoms with Crippen molar-refractivity contribution in [3.63, 3.8) is 0 Å². The summed E-state index contributed by atoms with van der Waals surface area (Å²) in [4.78, 5) is 6.99. The number of halogens is 1. The summed E-state index contributed by atoms with van der Waals surface area (Å²) in [6.07, 6.45) is 3.30. The Morgan fingerprint density at radius 1 is 1.58 bits per heavy atom. The van der Waals surface area contributed by atoms with E-state index < -0.39 is 0 Å². The Kier molecular flexibility index (Phi) is 1.75. The molecule has 0 unspecified atom stereocenters. The van der Waals surface area contributed by atoms with Crippen LogP contribution in [-0.4, -0.2) is 15.1 Å². The van der Waals surface area contributed by atoms with Crippen molar-refractivity contribution in [3.05, 3.63) is 29.0 Å². The van der Waals surface area contributed by atoms with Gasteiger partial charge in [-0.2, -0.15) is 0 Å². The van der Waals surface area contributed by atoms with E-state index in [4.69, 9.17) is 16.7 Å². The zero-order chi connectivity index (χ0) is 8.55. The topological polar surface area (TPSA) is 48.9 Å². The molecule has 3 nitrogen and oxygen atoms in total. The SMILES string of the molecule is OCc1c[nH]c2ncc(Cl)cc12. The fraction of sp³-hybridized carbons (Fsp3) is 0.125. The summed E-state index contributed by atoms with van der Waals surface area (Å²) in [5.74, 6) is 0. The van der Waals surface area contributed by atoms with Crippen LogP contribution >= 0.6 is 11.6 Å². The second kappa shape index (κ2) is 2.77. The average Bonchev–Trinajstić information content (AvgIpc) is 2.46. The van der Waals surface area contributed by atoms with Crippen LogP contribution in [0, 0.1) is 0 Å². The van der Waals surface area contributed by atoms with E-state index in [2.05, 4.69) is 9.97 Å². The average molecular weight is 183 g/mol. The molecule has 0 aliphatic heterocycles. The number of nitrogens with one attached hydrogen (secondary N) is 1. The Labute approximate surface area is 74.0 Å². The number of H-pyrrole nitrogens is 1. The van der Waals surface area contributed by atoms with E-state index in [9.17, 15) is 0 Å². The molecule has 0 aromatic carbocycles. The minimum atomic E-state index is 0.00201. The molecule has 0 radical (unpaired) electrons. The van der Waals surface area contributed by atoms with Crippen molar-refractivity contribution in [2.45, 2.75) is 6.61 Å². The van der Waals surface area contributed by atoms with Gasteiger partial charge in [-0.15, -0.1) is 0 Å². The van der Waals surface area contributed by atoms with Gasteiger partial charge in [-0.25, -0.2) is 4.98 Å². The molecule has 0 spiro atoms. The minimum absolute atomic E-state index is 0.00201. The predicted octanol–water partition coefficient (Wildman–Crippen LogP) is 1.71. The normalized spacial score (nSPS) is 10.8. The summed E-state index contributed by atoms with van der Waals surface area (Å²) in [5, 5.41) is 10.4. The second-order valence-electron chi connectivity index (χ2n) is 2.52. The van der Waals surface area contributed by atoms with Gasteiger partial charge >= 0.3 is 0 Å². The largest absolute Gasteiger partial charge is 0.392 e. The van der Waals surface area contributed by atoms with Gasteiger partial charge in [-0.3, -0.25) is 0 Å². The number of aliphatic hydroxyl groups excluding tert-OH is 1. The maximum Gasteiger partial charge on any atom is 0.137 e. The van der Waals surface area contributed by atoms with Crippen LogP contribution in [0.2, 0.25) is 5.02 Å². The van der Waals surface area contributed by atoms with Crippen LogP contribution in [0.3, 0.4) is 0 Å². The lowest BCUT2D eigenvalue weighted by Gasteiger charge is -1.92. The number of hydrogen-bond donors (Lipinski definition) is 2. The number of fused-ring (bicyclic) bond motifs is 1. The monoisotopic (exact) mass is 182 g/mol. The molecular formula is C8H7ClN2O. The van der Waals surface area contributed by atoms with Gasteiger partial charge in [0.15, 0.2) is 0 Å². The first-order valence-corrected chi connectivity index (χ1v) is 3.91. The van der Waals surface area contributed by atoms with E-state index in [1.54, 1.807) is 18.5 Å². The van der Waals surface area contributed by atoms with Crippen LogP contribution < -0.4 is 0 Å². The molecule has 2 aromatic heterocycles. The minimum Gasteiger partial charge on any atom is -0.392 e. The molecule has 2 heterocycles. The second-order valence-corrected chi connectivity index (χ2v) is 2.96. The van der Waals surface area contributed by atoms with Gasteiger partial charge in [0, 0.05) is 23.3 Å². The fourth-order valence-electron chi connectivity index (χ4n) is 1.16. The van der Waals surface area contributed by atoms with Gasteiger partial charge < -0.3 is 10.1 Å². The third kappa shape index (κ3) is 1.07. The molecule has 4 heteroatoms. The van der Waals surface area contributed by atoms with E-state index in [0.29, 0.717) is 5.02 Å². The lowest BCUT2D eigenvalue weighted by atomic mass is 10.2. The first-order valence-electron chi connectivity index (χ1n) is 3.53. The summed E-state index contributed by atoms with van der Waals surface area (Å²) < 4.78 is 0.